The van der Waals surface area contributed by atoms with E-state index in [1.54, 1.807) is 29.7 Å². The molecule has 1 amide bonds. The molecule has 0 fully saturated rings. The van der Waals surface area contributed by atoms with Gasteiger partial charge in [0.15, 0.2) is 0 Å². The van der Waals surface area contributed by atoms with Crippen LogP contribution in [0.5, 0.6) is 0 Å². The van der Waals surface area contributed by atoms with Gasteiger partial charge in [0.25, 0.3) is 5.91 Å². The molecule has 0 spiro atoms. The summed E-state index contributed by atoms with van der Waals surface area (Å²) in [4.78, 5) is 18.7. The van der Waals surface area contributed by atoms with Crippen LogP contribution in [0.1, 0.15) is 38.6 Å². The molecule has 1 atom stereocenters. The number of pyridine rings is 1. The monoisotopic (exact) mass is 338 g/mol. The number of carbonyl (C=O) groups is 1. The molecule has 2 heterocycles. The number of hydrogen-bond acceptors (Lipinski definition) is 3. The van der Waals surface area contributed by atoms with Crippen molar-refractivity contribution in [2.75, 3.05) is 0 Å². The quantitative estimate of drug-likeness (QED) is 0.859. The highest BCUT2D eigenvalue weighted by molar-refractivity contribution is 9.10. The number of nitrogens with zero attached hydrogens (tertiary/aromatic N) is 1. The summed E-state index contributed by atoms with van der Waals surface area (Å²) >= 11 is 5.02. The van der Waals surface area contributed by atoms with Crippen molar-refractivity contribution in [2.24, 2.45) is 0 Å². The second-order valence-corrected chi connectivity index (χ2v) is 6.70. The number of carbonyl (C=O) groups excluding carboxylic acids is 1. The Hall–Kier alpha value is -1.20. The minimum atomic E-state index is -0.0844. The highest BCUT2D eigenvalue weighted by Crippen LogP contribution is 2.26. The maximum absolute atomic E-state index is 12.1. The van der Waals surface area contributed by atoms with Gasteiger partial charge in [-0.3, -0.25) is 4.79 Å². The van der Waals surface area contributed by atoms with Gasteiger partial charge in [-0.25, -0.2) is 4.98 Å². The van der Waals surface area contributed by atoms with Gasteiger partial charge in [-0.05, 0) is 60.5 Å². The first kappa shape index (κ1) is 14.2. The molecule has 1 N–H and O–H groups in total. The van der Waals surface area contributed by atoms with Crippen LogP contribution in [0.4, 0.5) is 0 Å². The smallest absolute Gasteiger partial charge is 0.251 e. The van der Waals surface area contributed by atoms with Crippen LogP contribution in [-0.4, -0.2) is 10.9 Å². The normalized spacial score (nSPS) is 12.2. The van der Waals surface area contributed by atoms with Crippen LogP contribution in [0.3, 0.4) is 0 Å². The van der Waals surface area contributed by atoms with Gasteiger partial charge in [-0.15, -0.1) is 11.3 Å². The Balaban J connectivity index is 2.13. The lowest BCUT2D eigenvalue weighted by Gasteiger charge is -2.14. The van der Waals surface area contributed by atoms with Crippen LogP contribution >= 0.6 is 27.3 Å². The number of amides is 1. The largest absolute Gasteiger partial charge is 0.345 e. The Morgan fingerprint density at radius 3 is 2.74 bits per heavy atom. The number of nitrogens with one attached hydrogen (secondary N) is 1. The third-order valence-corrected chi connectivity index (χ3v) is 4.30. The summed E-state index contributed by atoms with van der Waals surface area (Å²) in [5, 5.41) is 3.01. The molecule has 3 nitrogen and oxygen atoms in total. The van der Waals surface area contributed by atoms with Crippen molar-refractivity contribution >= 4 is 33.2 Å². The molecule has 19 heavy (non-hydrogen) atoms. The molecule has 5 heteroatoms. The summed E-state index contributed by atoms with van der Waals surface area (Å²) in [5.74, 6) is -0.0844. The van der Waals surface area contributed by atoms with E-state index in [9.17, 15) is 4.79 Å². The molecular weight excluding hydrogens is 324 g/mol. The first-order valence-electron chi connectivity index (χ1n) is 5.96. The predicted octanol–water partition coefficient (Wildman–Crippen LogP) is 4.01. The zero-order valence-electron chi connectivity index (χ0n) is 11.0. The summed E-state index contributed by atoms with van der Waals surface area (Å²) in [5.41, 5.74) is 1.79. The van der Waals surface area contributed by atoms with Crippen LogP contribution in [0.15, 0.2) is 29.0 Å². The van der Waals surface area contributed by atoms with E-state index in [2.05, 4.69) is 46.1 Å². The number of aromatic nitrogens is 1. The second kappa shape index (κ2) is 5.84. The van der Waals surface area contributed by atoms with Gasteiger partial charge in [0.05, 0.1) is 6.04 Å². The van der Waals surface area contributed by atoms with Crippen LogP contribution in [0, 0.1) is 13.8 Å². The van der Waals surface area contributed by atoms with Crippen LogP contribution < -0.4 is 5.32 Å². The molecule has 2 rings (SSSR count). The molecular formula is C14H15BrN2OS. The third kappa shape index (κ3) is 3.42. The zero-order valence-corrected chi connectivity index (χ0v) is 13.4. The topological polar surface area (TPSA) is 42.0 Å². The molecule has 0 saturated heterocycles. The molecule has 2 aromatic heterocycles. The average molecular weight is 339 g/mol. The van der Waals surface area contributed by atoms with Crippen molar-refractivity contribution in [3.8, 4) is 0 Å². The van der Waals surface area contributed by atoms with Gasteiger partial charge in [-0.2, -0.15) is 0 Å². The van der Waals surface area contributed by atoms with Gasteiger partial charge in [-0.1, -0.05) is 0 Å². The lowest BCUT2D eigenvalue weighted by atomic mass is 10.1. The third-order valence-electron chi connectivity index (χ3n) is 2.88. The number of aryl methyl sites for hydroxylation is 2. The van der Waals surface area contributed by atoms with Crippen LogP contribution in [0.25, 0.3) is 0 Å². The summed E-state index contributed by atoms with van der Waals surface area (Å²) in [6.07, 6.45) is 1.61. The minimum absolute atomic E-state index is 0.00407. The molecule has 0 aromatic carbocycles. The lowest BCUT2D eigenvalue weighted by Crippen LogP contribution is -2.26. The first-order chi connectivity index (χ1) is 8.97. The van der Waals surface area contributed by atoms with Gasteiger partial charge < -0.3 is 5.32 Å². The zero-order chi connectivity index (χ0) is 14.0. The van der Waals surface area contributed by atoms with Gasteiger partial charge in [0.2, 0.25) is 0 Å². The Labute approximate surface area is 125 Å². The Bertz CT molecular complexity index is 609. The summed E-state index contributed by atoms with van der Waals surface area (Å²) in [6.45, 7) is 6.16. The maximum atomic E-state index is 12.1. The van der Waals surface area contributed by atoms with Crippen molar-refractivity contribution in [1.29, 1.82) is 0 Å². The fraction of sp³-hybridized carbons (Fsp3) is 0.286. The van der Waals surface area contributed by atoms with Gasteiger partial charge in [0, 0.05) is 21.5 Å². The van der Waals surface area contributed by atoms with E-state index in [-0.39, 0.29) is 11.9 Å². The van der Waals surface area contributed by atoms with Crippen molar-refractivity contribution in [3.05, 3.63) is 49.9 Å². The molecule has 1 unspecified atom stereocenters. The van der Waals surface area contributed by atoms with Crippen molar-refractivity contribution in [1.82, 2.24) is 10.3 Å². The van der Waals surface area contributed by atoms with E-state index >= 15 is 0 Å². The average Bonchev–Trinajstić information content (AvgIpc) is 2.68. The molecule has 0 radical (unpaired) electrons. The molecule has 0 bridgehead atoms. The fourth-order valence-electron chi connectivity index (χ4n) is 1.98. The first-order valence-corrected chi connectivity index (χ1v) is 7.57. The molecule has 2 aromatic rings. The Morgan fingerprint density at radius 1 is 1.42 bits per heavy atom. The molecule has 0 aliphatic heterocycles. The summed E-state index contributed by atoms with van der Waals surface area (Å²) in [7, 11) is 0. The van der Waals surface area contributed by atoms with Crippen LogP contribution in [-0.2, 0) is 0 Å². The lowest BCUT2D eigenvalue weighted by molar-refractivity contribution is 0.0939. The molecule has 0 saturated carbocycles. The fourth-order valence-corrected chi connectivity index (χ4v) is 3.37. The standard InChI is InChI=1S/C14H15BrN2OS/c1-8-6-12(10(3)19-8)9(2)17-14(18)11-4-5-16-13(15)7-11/h4-7,9H,1-3H3,(H,17,18). The van der Waals surface area contributed by atoms with E-state index in [1.165, 1.54) is 15.3 Å². The second-order valence-electron chi connectivity index (χ2n) is 4.43. The SMILES string of the molecule is Cc1cc(C(C)NC(=O)c2ccnc(Br)c2)c(C)s1. The van der Waals surface area contributed by atoms with E-state index in [4.69, 9.17) is 0 Å². The summed E-state index contributed by atoms with van der Waals surface area (Å²) < 4.78 is 0.662. The number of thiophene rings is 1. The maximum Gasteiger partial charge on any atom is 0.251 e. The Morgan fingerprint density at radius 2 is 2.16 bits per heavy atom. The van der Waals surface area contributed by atoms with Crippen molar-refractivity contribution < 1.29 is 4.79 Å². The van der Waals surface area contributed by atoms with Gasteiger partial charge >= 0.3 is 0 Å². The van der Waals surface area contributed by atoms with Gasteiger partial charge in [0.1, 0.15) is 4.60 Å². The van der Waals surface area contributed by atoms with Crippen LogP contribution in [0.2, 0.25) is 0 Å². The molecule has 0 aliphatic rings. The Kier molecular flexibility index (Phi) is 4.37. The molecule has 100 valence electrons. The van der Waals surface area contributed by atoms with E-state index in [1.807, 2.05) is 6.92 Å². The minimum Gasteiger partial charge on any atom is -0.345 e. The summed E-state index contributed by atoms with van der Waals surface area (Å²) in [6, 6.07) is 5.56. The predicted molar refractivity (Wildman–Crippen MR) is 81.6 cm³/mol. The van der Waals surface area contributed by atoms with E-state index in [0.29, 0.717) is 10.2 Å². The number of rotatable bonds is 3. The highest BCUT2D eigenvalue weighted by Gasteiger charge is 2.15. The van der Waals surface area contributed by atoms with E-state index < -0.39 is 0 Å². The number of halogens is 1. The van der Waals surface area contributed by atoms with Crippen molar-refractivity contribution in [3.63, 3.8) is 0 Å². The number of hydrogen-bond donors (Lipinski definition) is 1. The van der Waals surface area contributed by atoms with E-state index in [0.717, 1.165) is 0 Å². The molecule has 0 aliphatic carbocycles. The van der Waals surface area contributed by atoms with Crippen molar-refractivity contribution in [2.45, 2.75) is 26.8 Å². The highest BCUT2D eigenvalue weighted by atomic mass is 79.9.